The maximum Gasteiger partial charge on any atom is 0.253 e. The van der Waals surface area contributed by atoms with Crippen LogP contribution in [0, 0.1) is 12.1 Å². The lowest BCUT2D eigenvalue weighted by molar-refractivity contribution is -0.202. The Balaban J connectivity index is 1.20. The van der Waals surface area contributed by atoms with Crippen LogP contribution in [0.1, 0.15) is 41.6 Å². The van der Waals surface area contributed by atoms with Gasteiger partial charge in [0.25, 0.3) is 5.91 Å². The van der Waals surface area contributed by atoms with Crippen molar-refractivity contribution in [3.05, 3.63) is 65.7 Å². The van der Waals surface area contributed by atoms with Crippen LogP contribution in [0.15, 0.2) is 42.5 Å². The molecule has 0 aromatic heterocycles. The van der Waals surface area contributed by atoms with Crippen molar-refractivity contribution in [2.45, 2.75) is 43.7 Å². The van der Waals surface area contributed by atoms with Crippen LogP contribution in [0.3, 0.4) is 0 Å². The van der Waals surface area contributed by atoms with Gasteiger partial charge in [0.2, 0.25) is 6.41 Å². The highest BCUT2D eigenvalue weighted by Gasteiger charge is 2.45. The Bertz CT molecular complexity index is 888. The number of amides is 1. The van der Waals surface area contributed by atoms with Crippen LogP contribution >= 0.6 is 0 Å². The second kappa shape index (κ2) is 7.92. The zero-order chi connectivity index (χ0) is 20.6. The molecule has 6 heteroatoms. The minimum atomic E-state index is -0.993. The first kappa shape index (κ1) is 19.4. The van der Waals surface area contributed by atoms with Crippen molar-refractivity contribution in [2.24, 2.45) is 0 Å². The van der Waals surface area contributed by atoms with E-state index in [1.54, 1.807) is 6.07 Å². The topological polar surface area (TPSA) is 65.0 Å². The third-order valence-corrected chi connectivity index (χ3v) is 6.77. The van der Waals surface area contributed by atoms with Crippen LogP contribution in [0.25, 0.3) is 0 Å². The van der Waals surface area contributed by atoms with Crippen LogP contribution in [0.2, 0.25) is 0 Å². The number of hydrogen-bond donors (Lipinski definition) is 2. The quantitative estimate of drug-likeness (QED) is 0.804. The number of hydrogen-bond acceptors (Lipinski definition) is 5. The molecule has 6 nitrogen and oxygen atoms in total. The second-order valence-corrected chi connectivity index (χ2v) is 8.43. The van der Waals surface area contributed by atoms with Gasteiger partial charge in [-0.2, -0.15) is 0 Å². The molecule has 2 saturated heterocycles. The Kier molecular flexibility index (Phi) is 5.11. The minimum absolute atomic E-state index is 0.132. The van der Waals surface area contributed by atoms with Gasteiger partial charge < -0.3 is 25.0 Å². The molecule has 2 N–H and O–H groups in total. The number of anilines is 1. The minimum Gasteiger partial charge on any atom is -0.351 e. The number of fused-ring (bicyclic) bond motifs is 2. The highest BCUT2D eigenvalue weighted by Crippen LogP contribution is 2.43. The molecule has 1 unspecified atom stereocenters. The molecular weight excluding hydrogens is 378 g/mol. The SMILES string of the molecule is O=C(c1ccccc1)N1CCC(N2CCC3(CC2)OC(O)Nc2ccc#cc23)CC1. The number of aliphatic hydroxyl groups is 1. The van der Waals surface area contributed by atoms with E-state index >= 15 is 0 Å². The van der Waals surface area contributed by atoms with E-state index in [1.807, 2.05) is 41.3 Å². The second-order valence-electron chi connectivity index (χ2n) is 8.43. The molecule has 0 radical (unpaired) electrons. The molecule has 0 aliphatic carbocycles. The molecule has 2 fully saturated rings. The third kappa shape index (κ3) is 3.54. The standard InChI is InChI=1S/C24H27N3O3/c28-22(18-6-2-1-3-7-18)27-14-10-19(11-15-27)26-16-12-24(13-17-26)20-8-4-5-9-21(20)25-23(29)30-24/h1-3,5-7,9,19,23,25,29H,10-17H2. The van der Waals surface area contributed by atoms with Crippen molar-refractivity contribution in [2.75, 3.05) is 31.5 Å². The fourth-order valence-corrected chi connectivity index (χ4v) is 5.12. The summed E-state index contributed by atoms with van der Waals surface area (Å²) in [5.74, 6) is 0.132. The van der Waals surface area contributed by atoms with Crippen molar-refractivity contribution in [1.82, 2.24) is 9.80 Å². The van der Waals surface area contributed by atoms with Gasteiger partial charge in [-0.3, -0.25) is 4.79 Å². The van der Waals surface area contributed by atoms with Crippen LogP contribution in [-0.4, -0.2) is 59.4 Å². The summed E-state index contributed by atoms with van der Waals surface area (Å²) >= 11 is 0. The number of rotatable bonds is 2. The number of ether oxygens (including phenoxy) is 1. The zero-order valence-electron chi connectivity index (χ0n) is 17.0. The van der Waals surface area contributed by atoms with Crippen molar-refractivity contribution in [3.63, 3.8) is 0 Å². The van der Waals surface area contributed by atoms with Gasteiger partial charge in [0, 0.05) is 37.8 Å². The number of aliphatic hydroxyl groups excluding tert-OH is 1. The van der Waals surface area contributed by atoms with Gasteiger partial charge in [0.1, 0.15) is 5.60 Å². The number of carbonyl (C=O) groups is 1. The van der Waals surface area contributed by atoms with E-state index in [1.165, 1.54) is 0 Å². The van der Waals surface area contributed by atoms with E-state index in [0.29, 0.717) is 6.04 Å². The number of piperidine rings is 2. The molecule has 1 atom stereocenters. The number of nitrogens with one attached hydrogen (secondary N) is 1. The van der Waals surface area contributed by atoms with Gasteiger partial charge in [0.15, 0.2) is 0 Å². The van der Waals surface area contributed by atoms with E-state index in [0.717, 1.165) is 68.7 Å². The van der Waals surface area contributed by atoms with Crippen molar-refractivity contribution >= 4 is 11.6 Å². The molecule has 3 heterocycles. The maximum absolute atomic E-state index is 12.7. The largest absolute Gasteiger partial charge is 0.351 e. The summed E-state index contributed by atoms with van der Waals surface area (Å²) in [6.07, 6.45) is 2.62. The molecule has 1 spiro atoms. The number of benzene rings is 1. The molecular formula is C24H27N3O3. The van der Waals surface area contributed by atoms with E-state index in [2.05, 4.69) is 22.3 Å². The number of nitrogens with zero attached hydrogens (tertiary/aromatic N) is 2. The van der Waals surface area contributed by atoms with Crippen LogP contribution in [0.5, 0.6) is 0 Å². The first-order valence-electron chi connectivity index (χ1n) is 10.8. The summed E-state index contributed by atoms with van der Waals surface area (Å²) in [5, 5.41) is 13.1. The van der Waals surface area contributed by atoms with E-state index in [-0.39, 0.29) is 5.91 Å². The van der Waals surface area contributed by atoms with Crippen LogP contribution in [0.4, 0.5) is 5.69 Å². The average molecular weight is 405 g/mol. The Hall–Kier alpha value is -2.59. The molecule has 1 amide bonds. The van der Waals surface area contributed by atoms with E-state index in [9.17, 15) is 9.90 Å². The lowest BCUT2D eigenvalue weighted by atomic mass is 9.82. The summed E-state index contributed by atoms with van der Waals surface area (Å²) in [6, 6.07) is 20.0. The van der Waals surface area contributed by atoms with E-state index < -0.39 is 12.0 Å². The van der Waals surface area contributed by atoms with Crippen molar-refractivity contribution in [3.8, 4) is 0 Å². The van der Waals surface area contributed by atoms with Gasteiger partial charge in [-0.15, -0.1) is 0 Å². The Morgan fingerprint density at radius 2 is 1.83 bits per heavy atom. The van der Waals surface area contributed by atoms with Gasteiger partial charge in [0.05, 0.1) is 11.3 Å². The third-order valence-electron chi connectivity index (χ3n) is 6.77. The molecule has 3 aliphatic rings. The smallest absolute Gasteiger partial charge is 0.253 e. The van der Waals surface area contributed by atoms with Gasteiger partial charge in [-0.25, -0.2) is 0 Å². The lowest BCUT2D eigenvalue weighted by Gasteiger charge is -2.48. The summed E-state index contributed by atoms with van der Waals surface area (Å²) in [7, 11) is 0. The summed E-state index contributed by atoms with van der Waals surface area (Å²) in [5.41, 5.74) is 2.12. The predicted octanol–water partition coefficient (Wildman–Crippen LogP) is 2.60. The van der Waals surface area contributed by atoms with Gasteiger partial charge in [-0.1, -0.05) is 30.3 Å². The molecule has 2 aromatic rings. The molecule has 5 rings (SSSR count). The lowest BCUT2D eigenvalue weighted by Crippen LogP contribution is -2.54. The fourth-order valence-electron chi connectivity index (χ4n) is 5.12. The Morgan fingerprint density at radius 1 is 1.10 bits per heavy atom. The van der Waals surface area contributed by atoms with Crippen molar-refractivity contribution < 1.29 is 14.6 Å². The summed E-state index contributed by atoms with van der Waals surface area (Å²) < 4.78 is 5.99. The normalized spacial score (nSPS) is 24.0. The number of carbonyl (C=O) groups excluding carboxylic acids is 1. The predicted molar refractivity (Wildman–Crippen MR) is 113 cm³/mol. The molecule has 2 aromatic carbocycles. The number of likely N-dealkylation sites (tertiary alicyclic amines) is 2. The Labute approximate surface area is 177 Å². The first-order chi connectivity index (χ1) is 14.6. The first-order valence-corrected chi connectivity index (χ1v) is 10.8. The van der Waals surface area contributed by atoms with E-state index in [4.69, 9.17) is 4.74 Å². The molecule has 0 bridgehead atoms. The monoisotopic (exact) mass is 405 g/mol. The highest BCUT2D eigenvalue weighted by atomic mass is 16.6. The average Bonchev–Trinajstić information content (AvgIpc) is 2.80. The van der Waals surface area contributed by atoms with Crippen LogP contribution in [-0.2, 0) is 10.3 Å². The zero-order valence-corrected chi connectivity index (χ0v) is 17.0. The summed E-state index contributed by atoms with van der Waals surface area (Å²) in [6.45, 7) is 3.41. The Morgan fingerprint density at radius 3 is 2.57 bits per heavy atom. The van der Waals surface area contributed by atoms with Crippen LogP contribution < -0.4 is 5.32 Å². The molecule has 0 saturated carbocycles. The molecule has 156 valence electrons. The maximum atomic E-state index is 12.7. The highest BCUT2D eigenvalue weighted by molar-refractivity contribution is 5.94. The van der Waals surface area contributed by atoms with Gasteiger partial charge >= 0.3 is 0 Å². The molecule has 3 aliphatic heterocycles. The van der Waals surface area contributed by atoms with Gasteiger partial charge in [-0.05, 0) is 49.9 Å². The summed E-state index contributed by atoms with van der Waals surface area (Å²) in [4.78, 5) is 17.2. The fraction of sp³-hybridized carbons (Fsp3) is 0.458. The van der Waals surface area contributed by atoms with Crippen molar-refractivity contribution in [1.29, 1.82) is 0 Å². The molecule has 30 heavy (non-hydrogen) atoms.